The van der Waals surface area contributed by atoms with Crippen LogP contribution < -0.4 is 31.2 Å². The maximum absolute atomic E-state index is 11.7. The summed E-state index contributed by atoms with van der Waals surface area (Å²) >= 11 is 0. The summed E-state index contributed by atoms with van der Waals surface area (Å²) in [5.41, 5.74) is 12.5. The van der Waals surface area contributed by atoms with Gasteiger partial charge >= 0.3 is 12.1 Å². The predicted octanol–water partition coefficient (Wildman–Crippen LogP) is 1.20. The maximum atomic E-state index is 11.7. The lowest BCUT2D eigenvalue weighted by molar-refractivity contribution is -0.697. The van der Waals surface area contributed by atoms with Crippen LogP contribution in [-0.4, -0.2) is 12.1 Å². The molecule has 8 nitrogen and oxygen atoms in total. The number of urea groups is 2. The molecule has 0 fully saturated rings. The van der Waals surface area contributed by atoms with E-state index < -0.39 is 24.1 Å². The summed E-state index contributed by atoms with van der Waals surface area (Å²) in [6.45, 7) is 6.00. The Hall–Kier alpha value is -3.16. The minimum Gasteiger partial charge on any atom is -0.352 e. The van der Waals surface area contributed by atoms with Crippen LogP contribution in [0.4, 0.5) is 9.59 Å². The van der Waals surface area contributed by atoms with Gasteiger partial charge in [0.15, 0.2) is 24.8 Å². The minimum atomic E-state index is -0.677. The lowest BCUT2D eigenvalue weighted by Crippen LogP contribution is -2.45. The van der Waals surface area contributed by atoms with Crippen LogP contribution in [0.2, 0.25) is 0 Å². The zero-order valence-electron chi connectivity index (χ0n) is 16.5. The molecule has 2 aromatic heterocycles. The van der Waals surface area contributed by atoms with E-state index in [1.54, 1.807) is 0 Å². The second-order valence-corrected chi connectivity index (χ2v) is 6.71. The Bertz CT molecular complexity index is 709. The molecule has 8 heteroatoms. The van der Waals surface area contributed by atoms with E-state index in [0.717, 1.165) is 37.1 Å². The van der Waals surface area contributed by atoms with Gasteiger partial charge in [0.1, 0.15) is 13.1 Å². The number of nitrogens with zero attached hydrogens (tertiary/aromatic N) is 2. The monoisotopic (exact) mass is 386 g/mol. The third-order valence-electron chi connectivity index (χ3n) is 4.44. The summed E-state index contributed by atoms with van der Waals surface area (Å²) in [7, 11) is 0. The molecule has 150 valence electrons. The first-order valence-electron chi connectivity index (χ1n) is 9.54. The van der Waals surface area contributed by atoms with Crippen molar-refractivity contribution in [3.8, 4) is 0 Å². The number of nitrogens with one attached hydrogen (secondary N) is 2. The van der Waals surface area contributed by atoms with Gasteiger partial charge in [-0.3, -0.25) is 0 Å². The number of aromatic nitrogens is 2. The second-order valence-electron chi connectivity index (χ2n) is 6.71. The number of rotatable bonds is 9. The fourth-order valence-corrected chi connectivity index (χ4v) is 3.19. The molecule has 0 bridgehead atoms. The first-order valence-corrected chi connectivity index (χ1v) is 9.54. The van der Waals surface area contributed by atoms with Gasteiger partial charge < -0.3 is 22.1 Å². The van der Waals surface area contributed by atoms with Gasteiger partial charge in [0.25, 0.3) is 0 Å². The molecule has 28 heavy (non-hydrogen) atoms. The Morgan fingerprint density at radius 2 is 1.11 bits per heavy atom. The molecule has 0 aliphatic rings. The number of amides is 4. The fourth-order valence-electron chi connectivity index (χ4n) is 3.19. The van der Waals surface area contributed by atoms with Gasteiger partial charge in [0.05, 0.1) is 12.1 Å². The highest BCUT2D eigenvalue weighted by molar-refractivity contribution is 5.74. The van der Waals surface area contributed by atoms with Gasteiger partial charge in [-0.15, -0.1) is 0 Å². The molecule has 0 aromatic carbocycles. The summed E-state index contributed by atoms with van der Waals surface area (Å²) in [5, 5.41) is 5.49. The number of nitrogens with two attached hydrogens (primary N) is 2. The van der Waals surface area contributed by atoms with Crippen molar-refractivity contribution in [3.05, 3.63) is 60.2 Å². The Balaban J connectivity index is 2.40. The molecule has 0 saturated heterocycles. The van der Waals surface area contributed by atoms with E-state index in [4.69, 9.17) is 11.5 Å². The van der Waals surface area contributed by atoms with Crippen molar-refractivity contribution < 1.29 is 18.7 Å². The van der Waals surface area contributed by atoms with Crippen LogP contribution in [0.5, 0.6) is 0 Å². The van der Waals surface area contributed by atoms with E-state index in [1.807, 2.05) is 49.1 Å². The second kappa shape index (κ2) is 10.2. The quantitative estimate of drug-likeness (QED) is 0.485. The molecule has 0 spiro atoms. The van der Waals surface area contributed by atoms with E-state index in [2.05, 4.69) is 33.6 Å². The number of pyridine rings is 2. The molecule has 2 heterocycles. The average molecular weight is 387 g/mol. The van der Waals surface area contributed by atoms with Gasteiger partial charge in [-0.2, -0.15) is 0 Å². The first kappa shape index (κ1) is 21.1. The molecular weight excluding hydrogens is 356 g/mol. The fraction of sp³-hybridized carbons (Fsp3) is 0.400. The highest BCUT2D eigenvalue weighted by Gasteiger charge is 2.28. The number of carbonyl (C=O) groups excluding carboxylic acids is 2. The first-order chi connectivity index (χ1) is 13.4. The summed E-state index contributed by atoms with van der Waals surface area (Å²) in [5.74, 6) is 0. The van der Waals surface area contributed by atoms with E-state index in [0.29, 0.717) is 0 Å². The summed E-state index contributed by atoms with van der Waals surface area (Å²) in [6.07, 6.45) is 9.79. The maximum Gasteiger partial charge on any atom is 0.312 e. The molecule has 0 saturated carbocycles. The van der Waals surface area contributed by atoms with Gasteiger partial charge in [-0.1, -0.05) is 13.8 Å². The van der Waals surface area contributed by atoms with Gasteiger partial charge in [-0.25, -0.2) is 18.7 Å². The van der Waals surface area contributed by atoms with Crippen molar-refractivity contribution in [2.45, 2.75) is 51.9 Å². The number of hydrogen-bond donors (Lipinski definition) is 4. The summed E-state index contributed by atoms with van der Waals surface area (Å²) in [6, 6.07) is 5.15. The van der Waals surface area contributed by atoms with Crippen molar-refractivity contribution >= 4 is 12.1 Å². The summed E-state index contributed by atoms with van der Waals surface area (Å²) in [4.78, 5) is 23.3. The Kier molecular flexibility index (Phi) is 7.74. The zero-order chi connectivity index (χ0) is 20.5. The average Bonchev–Trinajstić information content (AvgIpc) is 2.66. The number of primary amides is 2. The number of aryl methyl sites for hydroxylation is 2. The molecule has 2 rings (SSSR count). The minimum absolute atomic E-state index is 0.566. The Labute approximate surface area is 165 Å². The van der Waals surface area contributed by atoms with Crippen molar-refractivity contribution in [2.75, 3.05) is 0 Å². The molecule has 0 radical (unpaired) electrons. The van der Waals surface area contributed by atoms with E-state index >= 15 is 0 Å². The van der Waals surface area contributed by atoms with Crippen LogP contribution in [0.3, 0.4) is 0 Å². The number of carbonyl (C=O) groups is 2. The SMILES string of the molecule is CCC[n+]1ccc(C(NC(N)=O)C(NC(N)=O)c2cc[n+](CCC)cc2)cc1. The zero-order valence-corrected chi connectivity index (χ0v) is 16.5. The van der Waals surface area contributed by atoms with E-state index in [9.17, 15) is 9.59 Å². The highest BCUT2D eigenvalue weighted by Crippen LogP contribution is 2.28. The van der Waals surface area contributed by atoms with Crippen LogP contribution in [0.25, 0.3) is 0 Å². The van der Waals surface area contributed by atoms with Crippen LogP contribution in [0.1, 0.15) is 49.9 Å². The Morgan fingerprint density at radius 3 is 1.36 bits per heavy atom. The van der Waals surface area contributed by atoms with E-state index in [1.165, 1.54) is 0 Å². The van der Waals surface area contributed by atoms with Crippen molar-refractivity contribution in [1.82, 2.24) is 10.6 Å². The molecular formula is C20H30N6O2+2. The topological polar surface area (TPSA) is 118 Å². The molecule has 0 aliphatic carbocycles. The largest absolute Gasteiger partial charge is 0.352 e. The van der Waals surface area contributed by atoms with Crippen LogP contribution in [0.15, 0.2) is 49.1 Å². The lowest BCUT2D eigenvalue weighted by atomic mass is 9.94. The third-order valence-corrected chi connectivity index (χ3v) is 4.44. The number of hydrogen-bond acceptors (Lipinski definition) is 2. The van der Waals surface area contributed by atoms with Crippen LogP contribution in [0, 0.1) is 0 Å². The smallest absolute Gasteiger partial charge is 0.312 e. The molecule has 4 amide bonds. The molecule has 2 atom stereocenters. The van der Waals surface area contributed by atoms with Gasteiger partial charge in [-0.05, 0) is 11.1 Å². The molecule has 0 aliphatic heterocycles. The standard InChI is InChI=1S/C20H28N6O2/c1-3-9-25-11-5-15(6-12-25)17(23-19(21)27)18(24-20(22)28)16-7-13-26(10-4-2)14-8-16/h5-8,11-14,17-18H,3-4,9-10H2,1-2H3,(H4-2,21,22,23,24,27,28)/p+2. The van der Waals surface area contributed by atoms with Crippen molar-refractivity contribution in [2.24, 2.45) is 11.5 Å². The van der Waals surface area contributed by atoms with Crippen LogP contribution in [-0.2, 0) is 13.1 Å². The Morgan fingerprint density at radius 1 is 0.786 bits per heavy atom. The predicted molar refractivity (Wildman–Crippen MR) is 105 cm³/mol. The van der Waals surface area contributed by atoms with Crippen LogP contribution >= 0.6 is 0 Å². The third kappa shape index (κ3) is 5.94. The normalized spacial score (nSPS) is 12.8. The molecule has 2 unspecified atom stereocenters. The van der Waals surface area contributed by atoms with Crippen molar-refractivity contribution in [3.63, 3.8) is 0 Å². The summed E-state index contributed by atoms with van der Waals surface area (Å²) < 4.78 is 4.11. The molecule has 6 N–H and O–H groups in total. The highest BCUT2D eigenvalue weighted by atomic mass is 16.2. The lowest BCUT2D eigenvalue weighted by Gasteiger charge is -2.28. The van der Waals surface area contributed by atoms with Gasteiger partial charge in [0, 0.05) is 37.1 Å². The van der Waals surface area contributed by atoms with Crippen molar-refractivity contribution in [1.29, 1.82) is 0 Å². The van der Waals surface area contributed by atoms with Gasteiger partial charge in [0.2, 0.25) is 0 Å². The van der Waals surface area contributed by atoms with E-state index in [-0.39, 0.29) is 0 Å². The molecule has 2 aromatic rings.